The maximum Gasteiger partial charge on any atom is 0.270 e. The highest BCUT2D eigenvalue weighted by atomic mass is 32.2. The number of nitro benzene ring substituents is 1. The van der Waals surface area contributed by atoms with Crippen LogP contribution in [0.3, 0.4) is 0 Å². The second-order valence-corrected chi connectivity index (χ2v) is 5.87. The molecule has 11 heteroatoms. The van der Waals surface area contributed by atoms with Gasteiger partial charge in [-0.3, -0.25) is 14.8 Å². The largest absolute Gasteiger partial charge is 0.398 e. The van der Waals surface area contributed by atoms with E-state index in [-0.39, 0.29) is 28.6 Å². The number of rotatable bonds is 5. The fraction of sp³-hybridized carbons (Fsp3) is 0.200. The summed E-state index contributed by atoms with van der Waals surface area (Å²) in [5.41, 5.74) is 5.13. The van der Waals surface area contributed by atoms with Gasteiger partial charge in [-0.15, -0.1) is 0 Å². The Labute approximate surface area is 119 Å². The van der Waals surface area contributed by atoms with Crippen molar-refractivity contribution in [1.82, 2.24) is 19.5 Å². The zero-order valence-electron chi connectivity index (χ0n) is 10.9. The number of nitrogens with one attached hydrogen (secondary N) is 1. The zero-order chi connectivity index (χ0) is 15.6. The van der Waals surface area contributed by atoms with Crippen LogP contribution in [0, 0.1) is 10.1 Å². The van der Waals surface area contributed by atoms with E-state index in [2.05, 4.69) is 14.8 Å². The first kappa shape index (κ1) is 14.9. The van der Waals surface area contributed by atoms with Crippen LogP contribution in [0.15, 0.2) is 29.4 Å². The third kappa shape index (κ3) is 3.32. The molecule has 0 aliphatic heterocycles. The molecule has 0 atom stereocenters. The number of nitrogens with zero attached hydrogens (tertiary/aromatic N) is 4. The monoisotopic (exact) mass is 312 g/mol. The highest BCUT2D eigenvalue weighted by molar-refractivity contribution is 7.89. The fourth-order valence-electron chi connectivity index (χ4n) is 1.57. The first-order chi connectivity index (χ1) is 9.79. The van der Waals surface area contributed by atoms with Gasteiger partial charge in [0.05, 0.1) is 17.2 Å². The third-order valence-corrected chi connectivity index (χ3v) is 4.02. The van der Waals surface area contributed by atoms with Gasteiger partial charge in [0.1, 0.15) is 11.2 Å². The molecule has 0 bridgehead atoms. The number of non-ortho nitro benzene ring substituents is 1. The minimum atomic E-state index is -4.00. The molecule has 1 heterocycles. The summed E-state index contributed by atoms with van der Waals surface area (Å²) in [4.78, 5) is 13.5. The van der Waals surface area contributed by atoms with Crippen molar-refractivity contribution in [2.75, 3.05) is 5.73 Å². The first-order valence-corrected chi connectivity index (χ1v) is 7.16. The van der Waals surface area contributed by atoms with Crippen LogP contribution < -0.4 is 10.5 Å². The molecule has 112 valence electrons. The Bertz CT molecular complexity index is 785. The Morgan fingerprint density at radius 2 is 2.19 bits per heavy atom. The average molecular weight is 312 g/mol. The van der Waals surface area contributed by atoms with Gasteiger partial charge in [-0.25, -0.2) is 18.1 Å². The summed E-state index contributed by atoms with van der Waals surface area (Å²) in [6, 6.07) is 3.21. The number of sulfonamides is 1. The Hall–Kier alpha value is -2.53. The molecule has 0 unspecified atom stereocenters. The van der Waals surface area contributed by atoms with E-state index >= 15 is 0 Å². The molecule has 1 aromatic heterocycles. The molecule has 0 aliphatic rings. The SMILES string of the molecule is Cn1cnc(CNS(=O)(=O)c2cc([N+](=O)[O-])ccc2N)n1. The third-order valence-electron chi connectivity index (χ3n) is 2.56. The number of benzene rings is 1. The molecule has 3 N–H and O–H groups in total. The summed E-state index contributed by atoms with van der Waals surface area (Å²) < 4.78 is 27.9. The van der Waals surface area contributed by atoms with Crippen molar-refractivity contribution >= 4 is 21.4 Å². The highest BCUT2D eigenvalue weighted by Gasteiger charge is 2.21. The molecule has 0 radical (unpaired) electrons. The number of hydrogen-bond donors (Lipinski definition) is 2. The Balaban J connectivity index is 2.26. The number of nitrogen functional groups attached to an aromatic ring is 1. The molecule has 1 aromatic carbocycles. The Morgan fingerprint density at radius 1 is 1.48 bits per heavy atom. The van der Waals surface area contributed by atoms with Crippen molar-refractivity contribution in [3.63, 3.8) is 0 Å². The van der Waals surface area contributed by atoms with Crippen molar-refractivity contribution in [2.45, 2.75) is 11.4 Å². The molecule has 0 saturated carbocycles. The van der Waals surface area contributed by atoms with Gasteiger partial charge in [0.2, 0.25) is 10.0 Å². The normalized spacial score (nSPS) is 11.5. The van der Waals surface area contributed by atoms with Crippen molar-refractivity contribution in [2.24, 2.45) is 7.05 Å². The van der Waals surface area contributed by atoms with E-state index in [0.717, 1.165) is 12.1 Å². The molecule has 10 nitrogen and oxygen atoms in total. The van der Waals surface area contributed by atoms with Gasteiger partial charge in [0, 0.05) is 19.2 Å². The van der Waals surface area contributed by atoms with Crippen LogP contribution in [0.1, 0.15) is 5.82 Å². The molecule has 2 aromatic rings. The Morgan fingerprint density at radius 3 is 2.76 bits per heavy atom. The summed E-state index contributed by atoms with van der Waals surface area (Å²) in [5.74, 6) is 0.269. The van der Waals surface area contributed by atoms with Crippen molar-refractivity contribution in [1.29, 1.82) is 0 Å². The predicted octanol–water partition coefficient (Wildman–Crippen LogP) is -0.216. The van der Waals surface area contributed by atoms with E-state index in [1.807, 2.05) is 0 Å². The molecule has 21 heavy (non-hydrogen) atoms. The average Bonchev–Trinajstić information content (AvgIpc) is 2.82. The van der Waals surface area contributed by atoms with Crippen LogP contribution in [0.25, 0.3) is 0 Å². The second-order valence-electron chi connectivity index (χ2n) is 4.14. The van der Waals surface area contributed by atoms with Crippen LogP contribution in [-0.2, 0) is 23.6 Å². The summed E-state index contributed by atoms with van der Waals surface area (Å²) in [7, 11) is -2.36. The fourth-order valence-corrected chi connectivity index (χ4v) is 2.70. The minimum absolute atomic E-state index is 0.0814. The van der Waals surface area contributed by atoms with Gasteiger partial charge in [-0.1, -0.05) is 0 Å². The summed E-state index contributed by atoms with van der Waals surface area (Å²) >= 11 is 0. The lowest BCUT2D eigenvalue weighted by molar-refractivity contribution is -0.385. The van der Waals surface area contributed by atoms with Crippen LogP contribution in [0.5, 0.6) is 0 Å². The molecular weight excluding hydrogens is 300 g/mol. The summed E-state index contributed by atoms with van der Waals surface area (Å²) in [6.07, 6.45) is 1.42. The maximum atomic E-state index is 12.1. The van der Waals surface area contributed by atoms with Gasteiger partial charge < -0.3 is 5.73 Å². The van der Waals surface area contributed by atoms with Gasteiger partial charge in [0.25, 0.3) is 5.69 Å². The number of aromatic nitrogens is 3. The number of anilines is 1. The smallest absolute Gasteiger partial charge is 0.270 e. The van der Waals surface area contributed by atoms with Gasteiger partial charge in [-0.2, -0.15) is 5.10 Å². The number of nitrogens with two attached hydrogens (primary N) is 1. The van der Waals surface area contributed by atoms with Crippen molar-refractivity contribution < 1.29 is 13.3 Å². The van der Waals surface area contributed by atoms with E-state index in [1.54, 1.807) is 7.05 Å². The van der Waals surface area contributed by atoms with Crippen LogP contribution in [-0.4, -0.2) is 28.1 Å². The first-order valence-electron chi connectivity index (χ1n) is 5.67. The van der Waals surface area contributed by atoms with Crippen LogP contribution >= 0.6 is 0 Å². The van der Waals surface area contributed by atoms with Gasteiger partial charge in [0.15, 0.2) is 5.82 Å². The Kier molecular flexibility index (Phi) is 3.86. The lowest BCUT2D eigenvalue weighted by Crippen LogP contribution is -2.25. The number of nitro groups is 1. The predicted molar refractivity (Wildman–Crippen MR) is 72.5 cm³/mol. The molecule has 0 saturated heterocycles. The molecule has 0 fully saturated rings. The number of hydrogen-bond acceptors (Lipinski definition) is 7. The molecule has 0 aliphatic carbocycles. The van der Waals surface area contributed by atoms with Gasteiger partial charge >= 0.3 is 0 Å². The summed E-state index contributed by atoms with van der Waals surface area (Å²) in [5, 5.41) is 14.6. The highest BCUT2D eigenvalue weighted by Crippen LogP contribution is 2.23. The molecular formula is C10H12N6O4S. The number of aryl methyl sites for hydroxylation is 1. The molecule has 0 amide bonds. The van der Waals surface area contributed by atoms with E-state index < -0.39 is 14.9 Å². The van der Waals surface area contributed by atoms with Crippen molar-refractivity contribution in [3.05, 3.63) is 40.5 Å². The topological polar surface area (TPSA) is 146 Å². The van der Waals surface area contributed by atoms with E-state index in [9.17, 15) is 18.5 Å². The lowest BCUT2D eigenvalue weighted by atomic mass is 10.3. The maximum absolute atomic E-state index is 12.1. The quantitative estimate of drug-likeness (QED) is 0.441. The van der Waals surface area contributed by atoms with Gasteiger partial charge in [-0.05, 0) is 6.07 Å². The second kappa shape index (κ2) is 5.46. The van der Waals surface area contributed by atoms with Crippen LogP contribution in [0.4, 0.5) is 11.4 Å². The molecule has 2 rings (SSSR count). The van der Waals surface area contributed by atoms with E-state index in [4.69, 9.17) is 5.73 Å². The molecule has 0 spiro atoms. The van der Waals surface area contributed by atoms with Crippen LogP contribution in [0.2, 0.25) is 0 Å². The minimum Gasteiger partial charge on any atom is -0.398 e. The lowest BCUT2D eigenvalue weighted by Gasteiger charge is -2.07. The van der Waals surface area contributed by atoms with E-state index in [1.165, 1.54) is 17.1 Å². The summed E-state index contributed by atoms with van der Waals surface area (Å²) in [6.45, 7) is -0.148. The van der Waals surface area contributed by atoms with Crippen molar-refractivity contribution in [3.8, 4) is 0 Å². The zero-order valence-corrected chi connectivity index (χ0v) is 11.7. The van der Waals surface area contributed by atoms with E-state index in [0.29, 0.717) is 0 Å². The standard InChI is InChI=1S/C10H12N6O4S/c1-15-6-12-10(14-15)5-13-21(19,20)9-4-7(16(17)18)2-3-8(9)11/h2-4,6,13H,5,11H2,1H3.